The summed E-state index contributed by atoms with van der Waals surface area (Å²) < 4.78 is 5.86. The maximum absolute atomic E-state index is 11.1. The van der Waals surface area contributed by atoms with Crippen molar-refractivity contribution in [1.29, 1.82) is 0 Å². The number of benzene rings is 1. The van der Waals surface area contributed by atoms with E-state index < -0.39 is 5.91 Å². The van der Waals surface area contributed by atoms with Gasteiger partial charge in [-0.15, -0.1) is 0 Å². The van der Waals surface area contributed by atoms with Crippen LogP contribution in [0.5, 0.6) is 11.5 Å². The summed E-state index contributed by atoms with van der Waals surface area (Å²) in [6, 6.07) is 9.46. The average molecular weight is 353 g/mol. The first-order chi connectivity index (χ1) is 12.6. The minimum atomic E-state index is -0.544. The van der Waals surface area contributed by atoms with Crippen molar-refractivity contribution in [2.75, 3.05) is 6.54 Å². The van der Waals surface area contributed by atoms with Gasteiger partial charge in [-0.2, -0.15) is 0 Å². The number of nitrogens with two attached hydrogens (primary N) is 1. The number of amides is 1. The van der Waals surface area contributed by atoms with Gasteiger partial charge in [-0.25, -0.2) is 4.98 Å². The van der Waals surface area contributed by atoms with Gasteiger partial charge in [-0.3, -0.25) is 4.79 Å². The van der Waals surface area contributed by atoms with Crippen LogP contribution in [0.25, 0.3) is 0 Å². The van der Waals surface area contributed by atoms with Gasteiger partial charge in [0.15, 0.2) is 0 Å². The van der Waals surface area contributed by atoms with Crippen molar-refractivity contribution in [1.82, 2.24) is 10.3 Å². The van der Waals surface area contributed by atoms with Gasteiger partial charge >= 0.3 is 0 Å². The van der Waals surface area contributed by atoms with Crippen LogP contribution in [0.15, 0.2) is 36.5 Å². The zero-order valence-corrected chi connectivity index (χ0v) is 15.3. The first kappa shape index (κ1) is 18.4. The van der Waals surface area contributed by atoms with Crippen molar-refractivity contribution >= 4 is 5.91 Å². The molecule has 0 unspecified atom stereocenters. The van der Waals surface area contributed by atoms with Crippen LogP contribution < -0.4 is 15.8 Å². The molecule has 0 spiro atoms. The minimum Gasteiger partial charge on any atom is -0.455 e. The van der Waals surface area contributed by atoms with Crippen LogP contribution in [0.1, 0.15) is 53.7 Å². The van der Waals surface area contributed by atoms with Crippen LogP contribution in [0, 0.1) is 12.8 Å². The Bertz CT molecular complexity index is 737. The van der Waals surface area contributed by atoms with E-state index in [0.29, 0.717) is 5.75 Å². The third-order valence-corrected chi connectivity index (χ3v) is 4.99. The van der Waals surface area contributed by atoms with Gasteiger partial charge in [0.1, 0.15) is 17.2 Å². The van der Waals surface area contributed by atoms with Crippen molar-refractivity contribution in [2.45, 2.75) is 45.6 Å². The predicted molar refractivity (Wildman–Crippen MR) is 102 cm³/mol. The summed E-state index contributed by atoms with van der Waals surface area (Å²) >= 11 is 0. The summed E-state index contributed by atoms with van der Waals surface area (Å²) in [5, 5.41) is 3.55. The highest BCUT2D eigenvalue weighted by atomic mass is 16.5. The molecule has 1 aromatic carbocycles. The molecule has 2 aromatic rings. The number of aryl methyl sites for hydroxylation is 1. The molecule has 1 saturated carbocycles. The maximum atomic E-state index is 11.1. The van der Waals surface area contributed by atoms with Crippen LogP contribution >= 0.6 is 0 Å². The molecule has 1 amide bonds. The van der Waals surface area contributed by atoms with E-state index in [2.05, 4.69) is 22.4 Å². The molecule has 3 rings (SSSR count). The fraction of sp³-hybridized carbons (Fsp3) is 0.429. The molecular formula is C21H27N3O2. The van der Waals surface area contributed by atoms with E-state index in [1.54, 1.807) is 12.1 Å². The topological polar surface area (TPSA) is 77.2 Å². The molecule has 5 nitrogen and oxygen atoms in total. The molecule has 1 aromatic heterocycles. The van der Waals surface area contributed by atoms with Crippen LogP contribution in [0.2, 0.25) is 0 Å². The lowest BCUT2D eigenvalue weighted by Crippen LogP contribution is -2.17. The van der Waals surface area contributed by atoms with Gasteiger partial charge in [-0.1, -0.05) is 37.8 Å². The second-order valence-electron chi connectivity index (χ2n) is 7.06. The number of hydrogen-bond acceptors (Lipinski definition) is 4. The highest BCUT2D eigenvalue weighted by Gasteiger charge is 2.14. The Morgan fingerprint density at radius 2 is 2.08 bits per heavy atom. The Hall–Kier alpha value is -2.40. The summed E-state index contributed by atoms with van der Waals surface area (Å²) in [7, 11) is 0. The first-order valence-electron chi connectivity index (χ1n) is 9.36. The number of rotatable bonds is 8. The Labute approximate surface area is 155 Å². The second-order valence-corrected chi connectivity index (χ2v) is 7.06. The average Bonchev–Trinajstić information content (AvgIpc) is 3.15. The molecule has 0 radical (unpaired) electrons. The molecule has 138 valence electrons. The maximum Gasteiger partial charge on any atom is 0.267 e. The lowest BCUT2D eigenvalue weighted by Gasteiger charge is -2.12. The third-order valence-electron chi connectivity index (χ3n) is 4.99. The standard InChI is InChI=1S/C21H27N3O2/c1-15-12-17(13-23-11-10-16-4-2-3-5-16)6-9-20(15)26-18-7-8-19(21(22)25)24-14-18/h6-9,12,14,16,23H,2-5,10-11,13H2,1H3,(H2,22,25). The molecule has 1 aliphatic rings. The zero-order valence-electron chi connectivity index (χ0n) is 15.3. The molecular weight excluding hydrogens is 326 g/mol. The van der Waals surface area contributed by atoms with E-state index in [1.165, 1.54) is 43.9 Å². The van der Waals surface area contributed by atoms with E-state index >= 15 is 0 Å². The molecule has 1 heterocycles. The molecule has 0 aliphatic heterocycles. The fourth-order valence-electron chi connectivity index (χ4n) is 3.49. The molecule has 1 aliphatic carbocycles. The quantitative estimate of drug-likeness (QED) is 0.705. The first-order valence-corrected chi connectivity index (χ1v) is 9.36. The number of pyridine rings is 1. The van der Waals surface area contributed by atoms with Crippen molar-refractivity contribution in [3.63, 3.8) is 0 Å². The fourth-order valence-corrected chi connectivity index (χ4v) is 3.49. The predicted octanol–water partition coefficient (Wildman–Crippen LogP) is 3.95. The molecule has 0 atom stereocenters. The monoisotopic (exact) mass is 353 g/mol. The van der Waals surface area contributed by atoms with Gasteiger partial charge in [0, 0.05) is 6.54 Å². The minimum absolute atomic E-state index is 0.230. The van der Waals surface area contributed by atoms with Crippen molar-refractivity contribution < 1.29 is 9.53 Å². The van der Waals surface area contributed by atoms with Gasteiger partial charge in [0.05, 0.1) is 6.20 Å². The number of hydrogen-bond donors (Lipinski definition) is 2. The van der Waals surface area contributed by atoms with Crippen LogP contribution in [-0.4, -0.2) is 17.4 Å². The molecule has 5 heteroatoms. The molecule has 26 heavy (non-hydrogen) atoms. The van der Waals surface area contributed by atoms with Gasteiger partial charge < -0.3 is 15.8 Å². The van der Waals surface area contributed by atoms with Crippen LogP contribution in [0.4, 0.5) is 0 Å². The molecule has 3 N–H and O–H groups in total. The molecule has 0 bridgehead atoms. The third kappa shape index (κ3) is 5.05. The van der Waals surface area contributed by atoms with E-state index in [0.717, 1.165) is 30.3 Å². The summed E-state index contributed by atoms with van der Waals surface area (Å²) in [6.45, 7) is 3.99. The number of carbonyl (C=O) groups is 1. The summed E-state index contributed by atoms with van der Waals surface area (Å²) in [6.07, 6.45) is 8.43. The summed E-state index contributed by atoms with van der Waals surface area (Å²) in [4.78, 5) is 15.1. The number of ether oxygens (including phenoxy) is 1. The van der Waals surface area contributed by atoms with E-state index in [1.807, 2.05) is 13.0 Å². The van der Waals surface area contributed by atoms with Crippen LogP contribution in [-0.2, 0) is 6.54 Å². The second kappa shape index (κ2) is 8.81. The van der Waals surface area contributed by atoms with E-state index in [9.17, 15) is 4.79 Å². The number of aromatic nitrogens is 1. The van der Waals surface area contributed by atoms with Crippen LogP contribution in [0.3, 0.4) is 0 Å². The number of nitrogens with one attached hydrogen (secondary N) is 1. The van der Waals surface area contributed by atoms with Crippen molar-refractivity contribution in [3.8, 4) is 11.5 Å². The summed E-state index contributed by atoms with van der Waals surface area (Å²) in [5.74, 6) is 1.75. The lowest BCUT2D eigenvalue weighted by atomic mass is 10.0. The number of nitrogens with zero attached hydrogens (tertiary/aromatic N) is 1. The number of carbonyl (C=O) groups excluding carboxylic acids is 1. The van der Waals surface area contributed by atoms with Gasteiger partial charge in [-0.05, 0) is 55.1 Å². The zero-order chi connectivity index (χ0) is 18.4. The Morgan fingerprint density at radius 1 is 1.27 bits per heavy atom. The SMILES string of the molecule is Cc1cc(CNCCC2CCCC2)ccc1Oc1ccc(C(N)=O)nc1. The Kier molecular flexibility index (Phi) is 6.23. The van der Waals surface area contributed by atoms with E-state index in [4.69, 9.17) is 10.5 Å². The lowest BCUT2D eigenvalue weighted by molar-refractivity contribution is 0.0995. The highest BCUT2D eigenvalue weighted by molar-refractivity contribution is 5.90. The van der Waals surface area contributed by atoms with Gasteiger partial charge in [0.25, 0.3) is 5.91 Å². The largest absolute Gasteiger partial charge is 0.455 e. The Balaban J connectivity index is 1.50. The molecule has 1 fully saturated rings. The molecule has 0 saturated heterocycles. The number of primary amides is 1. The summed E-state index contributed by atoms with van der Waals surface area (Å²) in [5.41, 5.74) is 7.75. The smallest absolute Gasteiger partial charge is 0.267 e. The van der Waals surface area contributed by atoms with E-state index in [-0.39, 0.29) is 5.69 Å². The Morgan fingerprint density at radius 3 is 2.73 bits per heavy atom. The van der Waals surface area contributed by atoms with Gasteiger partial charge in [0.2, 0.25) is 0 Å². The van der Waals surface area contributed by atoms with Crippen molar-refractivity contribution in [2.24, 2.45) is 11.7 Å². The van der Waals surface area contributed by atoms with Crippen molar-refractivity contribution in [3.05, 3.63) is 53.3 Å². The normalized spacial score (nSPS) is 14.5. The highest BCUT2D eigenvalue weighted by Crippen LogP contribution is 2.27.